The molecule has 1 heterocycles. The quantitative estimate of drug-likeness (QED) is 0.915. The monoisotopic (exact) mass is 258 g/mol. The Balaban J connectivity index is 2.00. The summed E-state index contributed by atoms with van der Waals surface area (Å²) in [4.78, 5) is 11.9. The second-order valence-electron chi connectivity index (χ2n) is 4.94. The van der Waals surface area contributed by atoms with Crippen LogP contribution in [0.25, 0.3) is 0 Å². The summed E-state index contributed by atoms with van der Waals surface area (Å²) in [6.07, 6.45) is 0.201. The molecule has 19 heavy (non-hydrogen) atoms. The number of carbonyl (C=O) groups is 1. The van der Waals surface area contributed by atoms with Crippen molar-refractivity contribution in [3.8, 4) is 0 Å². The highest BCUT2D eigenvalue weighted by Gasteiger charge is 2.09. The SMILES string of the molecule is Cc1cc(CC(=O)Nc2cccc(C(C)C)c2)on1. The van der Waals surface area contributed by atoms with Gasteiger partial charge in [-0.25, -0.2) is 0 Å². The molecule has 0 bridgehead atoms. The van der Waals surface area contributed by atoms with Crippen LogP contribution in [0, 0.1) is 6.92 Å². The Morgan fingerprint density at radius 2 is 2.16 bits per heavy atom. The molecular formula is C15H18N2O2. The van der Waals surface area contributed by atoms with Crippen LogP contribution < -0.4 is 5.32 Å². The van der Waals surface area contributed by atoms with E-state index in [-0.39, 0.29) is 12.3 Å². The molecule has 4 heteroatoms. The molecule has 1 aromatic heterocycles. The Labute approximate surface area is 112 Å². The van der Waals surface area contributed by atoms with E-state index in [0.717, 1.165) is 11.4 Å². The third-order valence-corrected chi connectivity index (χ3v) is 2.85. The maximum Gasteiger partial charge on any atom is 0.232 e. The van der Waals surface area contributed by atoms with Crippen LogP contribution in [0.1, 0.15) is 36.8 Å². The van der Waals surface area contributed by atoms with Crippen LogP contribution in [0.3, 0.4) is 0 Å². The van der Waals surface area contributed by atoms with Gasteiger partial charge in [-0.05, 0) is 30.5 Å². The molecule has 0 saturated carbocycles. The molecule has 0 atom stereocenters. The molecule has 0 fully saturated rings. The number of benzene rings is 1. The van der Waals surface area contributed by atoms with E-state index in [9.17, 15) is 4.79 Å². The number of carbonyl (C=O) groups excluding carboxylic acids is 1. The highest BCUT2D eigenvalue weighted by molar-refractivity contribution is 5.92. The van der Waals surface area contributed by atoms with E-state index in [1.54, 1.807) is 6.07 Å². The number of hydrogen-bond donors (Lipinski definition) is 1. The third kappa shape index (κ3) is 3.68. The molecule has 0 spiro atoms. The van der Waals surface area contributed by atoms with E-state index < -0.39 is 0 Å². The van der Waals surface area contributed by atoms with E-state index in [2.05, 4.69) is 30.4 Å². The first kappa shape index (κ1) is 13.3. The van der Waals surface area contributed by atoms with E-state index in [1.807, 2.05) is 25.1 Å². The van der Waals surface area contributed by atoms with Crippen molar-refractivity contribution < 1.29 is 9.32 Å². The van der Waals surface area contributed by atoms with Crippen LogP contribution in [-0.4, -0.2) is 11.1 Å². The van der Waals surface area contributed by atoms with Gasteiger partial charge in [0.15, 0.2) is 0 Å². The van der Waals surface area contributed by atoms with E-state index in [0.29, 0.717) is 11.7 Å². The summed E-state index contributed by atoms with van der Waals surface area (Å²) in [6.45, 7) is 6.08. The fourth-order valence-electron chi connectivity index (χ4n) is 1.84. The molecule has 100 valence electrons. The summed E-state index contributed by atoms with van der Waals surface area (Å²) < 4.78 is 5.02. The van der Waals surface area contributed by atoms with Crippen LogP contribution in [-0.2, 0) is 11.2 Å². The van der Waals surface area contributed by atoms with Gasteiger partial charge in [0.2, 0.25) is 5.91 Å². The fourth-order valence-corrected chi connectivity index (χ4v) is 1.84. The van der Waals surface area contributed by atoms with E-state index in [1.165, 1.54) is 5.56 Å². The minimum atomic E-state index is -0.0999. The predicted octanol–water partition coefficient (Wildman–Crippen LogP) is 3.29. The highest BCUT2D eigenvalue weighted by Crippen LogP contribution is 2.18. The molecule has 0 saturated heterocycles. The predicted molar refractivity (Wildman–Crippen MR) is 74.1 cm³/mol. The van der Waals surface area contributed by atoms with Gasteiger partial charge >= 0.3 is 0 Å². The number of hydrogen-bond acceptors (Lipinski definition) is 3. The fraction of sp³-hybridized carbons (Fsp3) is 0.333. The molecule has 2 rings (SSSR count). The van der Waals surface area contributed by atoms with Crippen LogP contribution in [0.15, 0.2) is 34.9 Å². The first-order chi connectivity index (χ1) is 9.04. The lowest BCUT2D eigenvalue weighted by Gasteiger charge is -2.08. The number of aromatic nitrogens is 1. The average molecular weight is 258 g/mol. The minimum Gasteiger partial charge on any atom is -0.361 e. The van der Waals surface area contributed by atoms with Crippen molar-refractivity contribution in [2.45, 2.75) is 33.1 Å². The van der Waals surface area contributed by atoms with Gasteiger partial charge < -0.3 is 9.84 Å². The molecule has 1 amide bonds. The highest BCUT2D eigenvalue weighted by atomic mass is 16.5. The molecule has 0 aliphatic carbocycles. The molecule has 0 unspecified atom stereocenters. The number of aryl methyl sites for hydroxylation is 1. The maximum atomic E-state index is 11.9. The van der Waals surface area contributed by atoms with Crippen LogP contribution in [0.5, 0.6) is 0 Å². The number of rotatable bonds is 4. The van der Waals surface area contributed by atoms with E-state index in [4.69, 9.17) is 4.52 Å². The van der Waals surface area contributed by atoms with Crippen molar-refractivity contribution in [2.75, 3.05) is 5.32 Å². The zero-order valence-corrected chi connectivity index (χ0v) is 11.4. The Kier molecular flexibility index (Phi) is 4.00. The summed E-state index contributed by atoms with van der Waals surface area (Å²) in [5.41, 5.74) is 2.80. The number of anilines is 1. The van der Waals surface area contributed by atoms with Crippen molar-refractivity contribution >= 4 is 11.6 Å². The zero-order chi connectivity index (χ0) is 13.8. The van der Waals surface area contributed by atoms with Gasteiger partial charge in [-0.3, -0.25) is 4.79 Å². The first-order valence-electron chi connectivity index (χ1n) is 6.36. The molecule has 0 radical (unpaired) electrons. The van der Waals surface area contributed by atoms with Crippen molar-refractivity contribution in [3.05, 3.63) is 47.3 Å². The third-order valence-electron chi connectivity index (χ3n) is 2.85. The van der Waals surface area contributed by atoms with Crippen molar-refractivity contribution in [1.29, 1.82) is 0 Å². The molecule has 1 N–H and O–H groups in total. The lowest BCUT2D eigenvalue weighted by Crippen LogP contribution is -2.14. The second-order valence-corrected chi connectivity index (χ2v) is 4.94. The smallest absolute Gasteiger partial charge is 0.232 e. The maximum absolute atomic E-state index is 11.9. The van der Waals surface area contributed by atoms with Crippen molar-refractivity contribution in [1.82, 2.24) is 5.16 Å². The summed E-state index contributed by atoms with van der Waals surface area (Å²) in [7, 11) is 0. The Morgan fingerprint density at radius 3 is 2.79 bits per heavy atom. The van der Waals surface area contributed by atoms with Gasteiger partial charge in [0, 0.05) is 11.8 Å². The van der Waals surface area contributed by atoms with Crippen LogP contribution in [0.4, 0.5) is 5.69 Å². The Hall–Kier alpha value is -2.10. The van der Waals surface area contributed by atoms with Gasteiger partial charge in [-0.1, -0.05) is 31.1 Å². The van der Waals surface area contributed by atoms with Crippen molar-refractivity contribution in [2.24, 2.45) is 0 Å². The van der Waals surface area contributed by atoms with Gasteiger partial charge in [0.25, 0.3) is 0 Å². The summed E-state index contributed by atoms with van der Waals surface area (Å²) in [6, 6.07) is 9.65. The average Bonchev–Trinajstić information content (AvgIpc) is 2.74. The largest absolute Gasteiger partial charge is 0.361 e. The molecule has 0 aliphatic heterocycles. The topological polar surface area (TPSA) is 55.1 Å². The van der Waals surface area contributed by atoms with Gasteiger partial charge in [-0.2, -0.15) is 0 Å². The summed E-state index contributed by atoms with van der Waals surface area (Å²) >= 11 is 0. The number of amides is 1. The molecule has 2 aromatic rings. The van der Waals surface area contributed by atoms with Crippen LogP contribution in [0.2, 0.25) is 0 Å². The Bertz CT molecular complexity index is 573. The first-order valence-corrected chi connectivity index (χ1v) is 6.36. The lowest BCUT2D eigenvalue weighted by molar-refractivity contribution is -0.115. The minimum absolute atomic E-state index is 0.0999. The molecule has 1 aromatic carbocycles. The molecular weight excluding hydrogens is 240 g/mol. The summed E-state index contributed by atoms with van der Waals surface area (Å²) in [5, 5.41) is 6.63. The number of nitrogens with one attached hydrogen (secondary N) is 1. The standard InChI is InChI=1S/C15H18N2O2/c1-10(2)12-5-4-6-13(8-12)16-15(18)9-14-7-11(3)17-19-14/h4-8,10H,9H2,1-3H3,(H,16,18). The van der Waals surface area contributed by atoms with E-state index >= 15 is 0 Å². The van der Waals surface area contributed by atoms with Gasteiger partial charge in [0.05, 0.1) is 12.1 Å². The second kappa shape index (κ2) is 5.69. The lowest BCUT2D eigenvalue weighted by atomic mass is 10.0. The summed E-state index contributed by atoms with van der Waals surface area (Å²) in [5.74, 6) is 0.917. The van der Waals surface area contributed by atoms with Crippen molar-refractivity contribution in [3.63, 3.8) is 0 Å². The Morgan fingerprint density at radius 1 is 1.37 bits per heavy atom. The molecule has 4 nitrogen and oxygen atoms in total. The zero-order valence-electron chi connectivity index (χ0n) is 11.4. The molecule has 0 aliphatic rings. The van der Waals surface area contributed by atoms with Crippen LogP contribution >= 0.6 is 0 Å². The van der Waals surface area contributed by atoms with Gasteiger partial charge in [0.1, 0.15) is 5.76 Å². The van der Waals surface area contributed by atoms with Gasteiger partial charge in [-0.15, -0.1) is 0 Å². The number of nitrogens with zero attached hydrogens (tertiary/aromatic N) is 1. The normalized spacial score (nSPS) is 10.7.